The van der Waals surface area contributed by atoms with E-state index in [0.29, 0.717) is 34.6 Å². The Labute approximate surface area is 200 Å². The maximum Gasteiger partial charge on any atom is 0.119 e. The second-order valence-corrected chi connectivity index (χ2v) is 9.17. The summed E-state index contributed by atoms with van der Waals surface area (Å²) < 4.78 is 11.4. The van der Waals surface area contributed by atoms with Crippen molar-refractivity contribution in [3.63, 3.8) is 0 Å². The number of β-amino-alcohol motifs (C(OH)–C–C–N with tert-alkyl or cyclic N) is 2. The fourth-order valence-corrected chi connectivity index (χ4v) is 3.89. The molecule has 1 heterocycles. The van der Waals surface area contributed by atoms with Gasteiger partial charge in [-0.25, -0.2) is 0 Å². The molecule has 0 saturated carbocycles. The number of piperazine rings is 1. The van der Waals surface area contributed by atoms with Crippen LogP contribution in [0.1, 0.15) is 11.1 Å². The average molecular weight is 483 g/mol. The van der Waals surface area contributed by atoms with Crippen LogP contribution in [0.25, 0.3) is 0 Å². The summed E-state index contributed by atoms with van der Waals surface area (Å²) >= 11 is 12.1. The lowest BCUT2D eigenvalue weighted by Crippen LogP contribution is -2.51. The van der Waals surface area contributed by atoms with Crippen molar-refractivity contribution in [2.24, 2.45) is 0 Å². The lowest BCUT2D eigenvalue weighted by atomic mass is 10.2. The van der Waals surface area contributed by atoms with Crippen LogP contribution >= 0.6 is 23.2 Å². The number of ether oxygens (including phenoxy) is 2. The summed E-state index contributed by atoms with van der Waals surface area (Å²) in [5, 5.41) is 22.1. The van der Waals surface area contributed by atoms with E-state index < -0.39 is 12.2 Å². The zero-order chi connectivity index (χ0) is 23.1. The van der Waals surface area contributed by atoms with Crippen LogP contribution in [-0.4, -0.2) is 84.7 Å². The van der Waals surface area contributed by atoms with Crippen LogP contribution in [0.4, 0.5) is 0 Å². The van der Waals surface area contributed by atoms with Crippen LogP contribution in [0.15, 0.2) is 36.4 Å². The molecular formula is C24H32Cl2N2O4. The van der Waals surface area contributed by atoms with Crippen LogP contribution in [0.5, 0.6) is 11.5 Å². The van der Waals surface area contributed by atoms with E-state index in [4.69, 9.17) is 32.7 Å². The Morgan fingerprint density at radius 1 is 0.750 bits per heavy atom. The summed E-state index contributed by atoms with van der Waals surface area (Å²) in [6.45, 7) is 8.77. The molecule has 0 bridgehead atoms. The van der Waals surface area contributed by atoms with Gasteiger partial charge in [0.1, 0.15) is 36.9 Å². The maximum atomic E-state index is 10.3. The van der Waals surface area contributed by atoms with E-state index in [1.54, 1.807) is 12.1 Å². The van der Waals surface area contributed by atoms with Crippen molar-refractivity contribution >= 4 is 23.2 Å². The third-order valence-corrected chi connectivity index (χ3v) is 6.39. The van der Waals surface area contributed by atoms with E-state index in [-0.39, 0.29) is 13.2 Å². The molecule has 1 saturated heterocycles. The highest BCUT2D eigenvalue weighted by atomic mass is 35.5. The minimum atomic E-state index is -0.570. The van der Waals surface area contributed by atoms with E-state index in [2.05, 4.69) is 9.80 Å². The highest BCUT2D eigenvalue weighted by Crippen LogP contribution is 2.22. The number of aliphatic hydroxyl groups is 2. The number of benzene rings is 2. The number of aliphatic hydroxyl groups excluding tert-OH is 2. The molecule has 6 nitrogen and oxygen atoms in total. The number of hydrogen-bond donors (Lipinski definition) is 2. The Balaban J connectivity index is 1.32. The van der Waals surface area contributed by atoms with Crippen molar-refractivity contribution in [2.75, 3.05) is 52.5 Å². The first-order chi connectivity index (χ1) is 15.3. The SMILES string of the molecule is Cc1cc(OC[C@@H](O)CN2CCN(C[C@H](O)COc3ccc(Cl)c(C)c3)CC2)ccc1Cl. The number of rotatable bonds is 10. The second kappa shape index (κ2) is 12.1. The molecule has 32 heavy (non-hydrogen) atoms. The van der Waals surface area contributed by atoms with Gasteiger partial charge in [0.25, 0.3) is 0 Å². The molecule has 2 N–H and O–H groups in total. The first-order valence-electron chi connectivity index (χ1n) is 10.9. The first-order valence-corrected chi connectivity index (χ1v) is 11.6. The van der Waals surface area contributed by atoms with Gasteiger partial charge in [0.2, 0.25) is 0 Å². The monoisotopic (exact) mass is 482 g/mol. The minimum Gasteiger partial charge on any atom is -0.491 e. The molecule has 0 aromatic heterocycles. The van der Waals surface area contributed by atoms with E-state index in [9.17, 15) is 10.2 Å². The van der Waals surface area contributed by atoms with Crippen LogP contribution in [-0.2, 0) is 0 Å². The predicted molar refractivity (Wildman–Crippen MR) is 128 cm³/mol. The molecule has 8 heteroatoms. The van der Waals surface area contributed by atoms with Gasteiger partial charge in [0, 0.05) is 49.3 Å². The largest absolute Gasteiger partial charge is 0.491 e. The van der Waals surface area contributed by atoms with Crippen LogP contribution < -0.4 is 9.47 Å². The Hall–Kier alpha value is -1.54. The van der Waals surface area contributed by atoms with Crippen molar-refractivity contribution < 1.29 is 19.7 Å². The number of hydrogen-bond acceptors (Lipinski definition) is 6. The number of nitrogens with zero attached hydrogens (tertiary/aromatic N) is 2. The van der Waals surface area contributed by atoms with Crippen molar-refractivity contribution in [1.29, 1.82) is 0 Å². The van der Waals surface area contributed by atoms with Crippen LogP contribution in [0, 0.1) is 13.8 Å². The van der Waals surface area contributed by atoms with Crippen molar-refractivity contribution in [1.82, 2.24) is 9.80 Å². The number of aryl methyl sites for hydroxylation is 2. The quantitative estimate of drug-likeness (QED) is 0.540. The van der Waals surface area contributed by atoms with Gasteiger partial charge in [0.05, 0.1) is 0 Å². The molecule has 0 spiro atoms. The van der Waals surface area contributed by atoms with Gasteiger partial charge < -0.3 is 19.7 Å². The molecule has 3 rings (SSSR count). The van der Waals surface area contributed by atoms with Crippen LogP contribution in [0.2, 0.25) is 10.0 Å². The zero-order valence-corrected chi connectivity index (χ0v) is 20.1. The van der Waals surface area contributed by atoms with Gasteiger partial charge >= 0.3 is 0 Å². The van der Waals surface area contributed by atoms with E-state index in [1.165, 1.54) is 0 Å². The fourth-order valence-electron chi connectivity index (χ4n) is 3.65. The third kappa shape index (κ3) is 7.80. The van der Waals surface area contributed by atoms with Gasteiger partial charge in [-0.05, 0) is 61.4 Å². The minimum absolute atomic E-state index is 0.238. The summed E-state index contributed by atoms with van der Waals surface area (Å²) in [7, 11) is 0. The topological polar surface area (TPSA) is 65.4 Å². The lowest BCUT2D eigenvalue weighted by molar-refractivity contribution is 0.0240. The molecular weight excluding hydrogens is 451 g/mol. The normalized spacial score (nSPS) is 17.2. The molecule has 0 unspecified atom stereocenters. The average Bonchev–Trinajstić information content (AvgIpc) is 2.77. The smallest absolute Gasteiger partial charge is 0.119 e. The molecule has 1 fully saturated rings. The van der Waals surface area contributed by atoms with Gasteiger partial charge in [-0.15, -0.1) is 0 Å². The van der Waals surface area contributed by atoms with Gasteiger partial charge in [-0.3, -0.25) is 9.80 Å². The molecule has 0 aliphatic carbocycles. The van der Waals surface area contributed by atoms with Gasteiger partial charge in [0.15, 0.2) is 0 Å². The van der Waals surface area contributed by atoms with Gasteiger partial charge in [-0.2, -0.15) is 0 Å². The van der Waals surface area contributed by atoms with E-state index in [0.717, 1.165) is 37.3 Å². The molecule has 1 aliphatic rings. The van der Waals surface area contributed by atoms with Crippen molar-refractivity contribution in [2.45, 2.75) is 26.1 Å². The summed E-state index contributed by atoms with van der Waals surface area (Å²) in [5.41, 5.74) is 1.90. The summed E-state index contributed by atoms with van der Waals surface area (Å²) in [4.78, 5) is 4.44. The molecule has 0 radical (unpaired) electrons. The highest BCUT2D eigenvalue weighted by molar-refractivity contribution is 6.31. The lowest BCUT2D eigenvalue weighted by Gasteiger charge is -2.36. The second-order valence-electron chi connectivity index (χ2n) is 8.35. The highest BCUT2D eigenvalue weighted by Gasteiger charge is 2.21. The molecule has 0 amide bonds. The maximum absolute atomic E-state index is 10.3. The summed E-state index contributed by atoms with van der Waals surface area (Å²) in [5.74, 6) is 1.42. The Morgan fingerprint density at radius 2 is 1.12 bits per heavy atom. The first kappa shape index (κ1) is 25.1. The number of halogens is 2. The molecule has 2 aromatic carbocycles. The predicted octanol–water partition coefficient (Wildman–Crippen LogP) is 3.41. The Morgan fingerprint density at radius 3 is 1.47 bits per heavy atom. The van der Waals surface area contributed by atoms with E-state index >= 15 is 0 Å². The summed E-state index contributed by atoms with van der Waals surface area (Å²) in [6, 6.07) is 11.0. The third-order valence-electron chi connectivity index (χ3n) is 5.55. The standard InChI is InChI=1S/C24H32Cl2N2O4/c1-17-11-21(3-5-23(17)25)31-15-19(29)13-27-7-9-28(10-8-27)14-20(30)16-32-22-4-6-24(26)18(2)12-22/h3-6,11-12,19-20,29-30H,7-10,13-16H2,1-2H3/t19-,20-/m0/s1. The van der Waals surface area contributed by atoms with E-state index in [1.807, 2.05) is 38.1 Å². The Kier molecular flexibility index (Phi) is 9.46. The fraction of sp³-hybridized carbons (Fsp3) is 0.500. The zero-order valence-electron chi connectivity index (χ0n) is 18.6. The summed E-state index contributed by atoms with van der Waals surface area (Å²) in [6.07, 6.45) is -1.14. The van der Waals surface area contributed by atoms with Crippen molar-refractivity contribution in [3.05, 3.63) is 57.6 Å². The van der Waals surface area contributed by atoms with Gasteiger partial charge in [-0.1, -0.05) is 23.2 Å². The molecule has 2 aromatic rings. The molecule has 176 valence electrons. The van der Waals surface area contributed by atoms with Crippen LogP contribution in [0.3, 0.4) is 0 Å². The Bertz CT molecular complexity index is 804. The van der Waals surface area contributed by atoms with Crippen molar-refractivity contribution in [3.8, 4) is 11.5 Å². The molecule has 2 atom stereocenters. The molecule has 1 aliphatic heterocycles.